The van der Waals surface area contributed by atoms with Crippen molar-refractivity contribution in [2.75, 3.05) is 13.7 Å². The Kier molecular flexibility index (Phi) is 5.66. The zero-order valence-corrected chi connectivity index (χ0v) is 12.1. The van der Waals surface area contributed by atoms with E-state index in [0.29, 0.717) is 5.92 Å². The largest absolute Gasteiger partial charge is 0.497 e. The molecule has 1 aromatic rings. The Labute approximate surface area is 121 Å². The van der Waals surface area contributed by atoms with Crippen molar-refractivity contribution in [1.82, 2.24) is 5.32 Å². The normalized spacial score (nSPS) is 16.2. The average Bonchev–Trinajstić information content (AvgIpc) is 2.52. The van der Waals surface area contributed by atoms with Crippen LogP contribution in [0.15, 0.2) is 30.3 Å². The molecule has 3 nitrogen and oxygen atoms in total. The molecule has 3 heteroatoms. The lowest BCUT2D eigenvalue weighted by Gasteiger charge is -2.21. The van der Waals surface area contributed by atoms with E-state index in [1.807, 2.05) is 30.3 Å². The summed E-state index contributed by atoms with van der Waals surface area (Å²) in [6.45, 7) is 0.811. The highest BCUT2D eigenvalue weighted by molar-refractivity contribution is 5.91. The van der Waals surface area contributed by atoms with Crippen molar-refractivity contribution in [1.29, 1.82) is 0 Å². The van der Waals surface area contributed by atoms with Crippen molar-refractivity contribution in [3.63, 3.8) is 0 Å². The summed E-state index contributed by atoms with van der Waals surface area (Å²) in [5.74, 6) is 1.48. The van der Waals surface area contributed by atoms with E-state index in [1.54, 1.807) is 13.2 Å². The van der Waals surface area contributed by atoms with Gasteiger partial charge in [0.05, 0.1) is 7.11 Å². The van der Waals surface area contributed by atoms with Crippen LogP contribution in [0.4, 0.5) is 0 Å². The van der Waals surface area contributed by atoms with Crippen molar-refractivity contribution in [2.24, 2.45) is 5.92 Å². The second-order valence-corrected chi connectivity index (χ2v) is 5.36. The molecule has 1 saturated carbocycles. The van der Waals surface area contributed by atoms with Crippen molar-refractivity contribution in [3.05, 3.63) is 35.9 Å². The number of ether oxygens (including phenoxy) is 1. The summed E-state index contributed by atoms with van der Waals surface area (Å²) in [7, 11) is 1.64. The summed E-state index contributed by atoms with van der Waals surface area (Å²) in [5.41, 5.74) is 0.999. The fourth-order valence-electron chi connectivity index (χ4n) is 2.58. The molecule has 0 atom stereocenters. The maximum absolute atomic E-state index is 11.8. The molecule has 1 aromatic carbocycles. The first kappa shape index (κ1) is 14.6. The van der Waals surface area contributed by atoms with Gasteiger partial charge in [-0.05, 0) is 42.5 Å². The Morgan fingerprint density at radius 1 is 1.25 bits per heavy atom. The van der Waals surface area contributed by atoms with Gasteiger partial charge in [0, 0.05) is 12.6 Å². The molecule has 1 aliphatic rings. The molecule has 0 aliphatic heterocycles. The van der Waals surface area contributed by atoms with Gasteiger partial charge in [0.25, 0.3) is 0 Å². The minimum atomic E-state index is -0.00797. The molecule has 1 fully saturated rings. The van der Waals surface area contributed by atoms with E-state index >= 15 is 0 Å². The van der Waals surface area contributed by atoms with Crippen molar-refractivity contribution in [3.8, 4) is 5.75 Å². The monoisotopic (exact) mass is 273 g/mol. The number of carbonyl (C=O) groups excluding carboxylic acids is 1. The van der Waals surface area contributed by atoms with Crippen LogP contribution in [0.2, 0.25) is 0 Å². The average molecular weight is 273 g/mol. The maximum atomic E-state index is 11.8. The number of benzene rings is 1. The van der Waals surface area contributed by atoms with E-state index in [4.69, 9.17) is 4.74 Å². The van der Waals surface area contributed by atoms with Gasteiger partial charge < -0.3 is 10.1 Å². The summed E-state index contributed by atoms with van der Waals surface area (Å²) in [4.78, 5) is 11.8. The SMILES string of the molecule is COc1ccc(/C=C/C(=O)NCC2CCCCC2)cc1. The fourth-order valence-corrected chi connectivity index (χ4v) is 2.58. The molecule has 2 rings (SSSR count). The number of hydrogen-bond donors (Lipinski definition) is 1. The lowest BCUT2D eigenvalue weighted by atomic mass is 9.89. The molecule has 0 radical (unpaired) electrons. The fraction of sp³-hybridized carbons (Fsp3) is 0.471. The van der Waals surface area contributed by atoms with Crippen LogP contribution in [0.3, 0.4) is 0 Å². The molecule has 0 spiro atoms. The van der Waals surface area contributed by atoms with E-state index in [0.717, 1.165) is 17.9 Å². The van der Waals surface area contributed by atoms with Gasteiger partial charge in [-0.1, -0.05) is 31.4 Å². The molecule has 1 amide bonds. The molecular formula is C17H23NO2. The molecule has 0 unspecified atom stereocenters. The number of amides is 1. The zero-order chi connectivity index (χ0) is 14.2. The van der Waals surface area contributed by atoms with Gasteiger partial charge in [0.1, 0.15) is 5.75 Å². The van der Waals surface area contributed by atoms with Crippen LogP contribution in [0.25, 0.3) is 6.08 Å². The van der Waals surface area contributed by atoms with Gasteiger partial charge >= 0.3 is 0 Å². The second-order valence-electron chi connectivity index (χ2n) is 5.36. The van der Waals surface area contributed by atoms with Crippen LogP contribution in [-0.2, 0) is 4.79 Å². The predicted octanol–water partition coefficient (Wildman–Crippen LogP) is 3.40. The molecule has 0 heterocycles. The maximum Gasteiger partial charge on any atom is 0.244 e. The Morgan fingerprint density at radius 2 is 1.95 bits per heavy atom. The van der Waals surface area contributed by atoms with Crippen molar-refractivity contribution < 1.29 is 9.53 Å². The van der Waals surface area contributed by atoms with Gasteiger partial charge in [-0.25, -0.2) is 0 Å². The first-order chi connectivity index (χ1) is 9.78. The Balaban J connectivity index is 1.76. The molecule has 1 aliphatic carbocycles. The van der Waals surface area contributed by atoms with E-state index < -0.39 is 0 Å². The Hall–Kier alpha value is -1.77. The quantitative estimate of drug-likeness (QED) is 0.835. The summed E-state index contributed by atoms with van der Waals surface area (Å²) < 4.78 is 5.10. The second kappa shape index (κ2) is 7.73. The van der Waals surface area contributed by atoms with E-state index in [9.17, 15) is 4.79 Å². The Bertz CT molecular complexity index is 445. The standard InChI is InChI=1S/C17H23NO2/c1-20-16-10-7-14(8-11-16)9-12-17(19)18-13-15-5-3-2-4-6-15/h7-12,15H,2-6,13H2,1H3,(H,18,19)/b12-9+. The summed E-state index contributed by atoms with van der Waals surface area (Å²) in [5, 5.41) is 2.99. The van der Waals surface area contributed by atoms with Gasteiger partial charge in [0.2, 0.25) is 5.91 Å². The molecule has 1 N–H and O–H groups in total. The van der Waals surface area contributed by atoms with Crippen molar-refractivity contribution >= 4 is 12.0 Å². The van der Waals surface area contributed by atoms with Gasteiger partial charge in [-0.15, -0.1) is 0 Å². The van der Waals surface area contributed by atoms with Crippen LogP contribution in [-0.4, -0.2) is 19.6 Å². The van der Waals surface area contributed by atoms with Crippen LogP contribution in [0, 0.1) is 5.92 Å². The number of methoxy groups -OCH3 is 1. The van der Waals surface area contributed by atoms with Gasteiger partial charge in [-0.3, -0.25) is 4.79 Å². The molecule has 20 heavy (non-hydrogen) atoms. The number of rotatable bonds is 5. The first-order valence-corrected chi connectivity index (χ1v) is 7.38. The third-order valence-corrected chi connectivity index (χ3v) is 3.83. The highest BCUT2D eigenvalue weighted by atomic mass is 16.5. The lowest BCUT2D eigenvalue weighted by molar-refractivity contribution is -0.116. The predicted molar refractivity (Wildman–Crippen MR) is 81.6 cm³/mol. The third-order valence-electron chi connectivity index (χ3n) is 3.83. The smallest absolute Gasteiger partial charge is 0.244 e. The lowest BCUT2D eigenvalue weighted by Crippen LogP contribution is -2.28. The molecular weight excluding hydrogens is 250 g/mol. The number of nitrogens with one attached hydrogen (secondary N) is 1. The zero-order valence-electron chi connectivity index (χ0n) is 12.1. The first-order valence-electron chi connectivity index (χ1n) is 7.38. The van der Waals surface area contributed by atoms with E-state index in [2.05, 4.69) is 5.32 Å². The van der Waals surface area contributed by atoms with Crippen LogP contribution < -0.4 is 10.1 Å². The Morgan fingerprint density at radius 3 is 2.60 bits per heavy atom. The van der Waals surface area contributed by atoms with Gasteiger partial charge in [0.15, 0.2) is 0 Å². The molecule has 0 aromatic heterocycles. The van der Waals surface area contributed by atoms with Crippen molar-refractivity contribution in [2.45, 2.75) is 32.1 Å². The molecule has 0 saturated heterocycles. The van der Waals surface area contributed by atoms with Crippen LogP contribution in [0.1, 0.15) is 37.7 Å². The highest BCUT2D eigenvalue weighted by Gasteiger charge is 2.13. The highest BCUT2D eigenvalue weighted by Crippen LogP contribution is 2.22. The minimum absolute atomic E-state index is 0.00797. The number of carbonyl (C=O) groups is 1. The number of hydrogen-bond acceptors (Lipinski definition) is 2. The molecule has 108 valence electrons. The van der Waals surface area contributed by atoms with Crippen LogP contribution in [0.5, 0.6) is 5.75 Å². The summed E-state index contributed by atoms with van der Waals surface area (Å²) in [6.07, 6.45) is 9.90. The minimum Gasteiger partial charge on any atom is -0.497 e. The topological polar surface area (TPSA) is 38.3 Å². The third kappa shape index (κ3) is 4.72. The molecule has 0 bridgehead atoms. The van der Waals surface area contributed by atoms with E-state index in [-0.39, 0.29) is 5.91 Å². The van der Waals surface area contributed by atoms with E-state index in [1.165, 1.54) is 32.1 Å². The van der Waals surface area contributed by atoms with Gasteiger partial charge in [-0.2, -0.15) is 0 Å². The van der Waals surface area contributed by atoms with Crippen LogP contribution >= 0.6 is 0 Å². The summed E-state index contributed by atoms with van der Waals surface area (Å²) >= 11 is 0. The summed E-state index contributed by atoms with van der Waals surface area (Å²) in [6, 6.07) is 7.65.